The standard InChI is InChI=1S/C11H15ClFNO/c1-6(3-4-14)10-7(2)9(13)5-8(12)11(10)15/h5-6,15H,3-4,14H2,1-2H3. The largest absolute Gasteiger partial charge is 0.506 e. The van der Waals surface area contributed by atoms with Crippen LogP contribution >= 0.6 is 11.6 Å². The molecule has 1 aromatic rings. The van der Waals surface area contributed by atoms with Crippen molar-refractivity contribution in [3.63, 3.8) is 0 Å². The molecule has 0 aliphatic carbocycles. The van der Waals surface area contributed by atoms with E-state index in [4.69, 9.17) is 17.3 Å². The molecule has 1 rings (SSSR count). The van der Waals surface area contributed by atoms with E-state index in [-0.39, 0.29) is 16.7 Å². The molecule has 84 valence electrons. The van der Waals surface area contributed by atoms with Crippen LogP contribution in [0, 0.1) is 12.7 Å². The normalized spacial score (nSPS) is 12.9. The van der Waals surface area contributed by atoms with Gasteiger partial charge in [-0.15, -0.1) is 0 Å². The summed E-state index contributed by atoms with van der Waals surface area (Å²) in [5.41, 5.74) is 6.44. The molecule has 0 heterocycles. The van der Waals surface area contributed by atoms with Crippen molar-refractivity contribution in [3.05, 3.63) is 28.0 Å². The molecule has 0 radical (unpaired) electrons. The topological polar surface area (TPSA) is 46.2 Å². The zero-order valence-corrected chi connectivity index (χ0v) is 9.61. The van der Waals surface area contributed by atoms with Gasteiger partial charge in [0.25, 0.3) is 0 Å². The number of hydrogen-bond donors (Lipinski definition) is 2. The number of hydrogen-bond acceptors (Lipinski definition) is 2. The van der Waals surface area contributed by atoms with E-state index in [1.54, 1.807) is 6.92 Å². The van der Waals surface area contributed by atoms with Gasteiger partial charge in [0.2, 0.25) is 0 Å². The lowest BCUT2D eigenvalue weighted by Crippen LogP contribution is -2.07. The molecule has 0 saturated carbocycles. The van der Waals surface area contributed by atoms with Gasteiger partial charge in [-0.25, -0.2) is 4.39 Å². The van der Waals surface area contributed by atoms with Crippen molar-refractivity contribution >= 4 is 11.6 Å². The first kappa shape index (κ1) is 12.3. The Morgan fingerprint density at radius 3 is 2.73 bits per heavy atom. The zero-order valence-electron chi connectivity index (χ0n) is 8.85. The molecule has 0 amide bonds. The Kier molecular flexibility index (Phi) is 3.94. The molecule has 1 atom stereocenters. The molecule has 0 aliphatic rings. The van der Waals surface area contributed by atoms with Crippen molar-refractivity contribution in [2.24, 2.45) is 5.73 Å². The average Bonchev–Trinajstić information content (AvgIpc) is 2.16. The van der Waals surface area contributed by atoms with Crippen molar-refractivity contribution < 1.29 is 9.50 Å². The maximum atomic E-state index is 13.4. The average molecular weight is 232 g/mol. The lowest BCUT2D eigenvalue weighted by Gasteiger charge is -2.17. The Hall–Kier alpha value is -0.800. The second-order valence-electron chi connectivity index (χ2n) is 3.71. The fourth-order valence-corrected chi connectivity index (χ4v) is 1.92. The molecule has 4 heteroatoms. The Morgan fingerprint density at radius 1 is 1.60 bits per heavy atom. The van der Waals surface area contributed by atoms with E-state index in [1.165, 1.54) is 0 Å². The van der Waals surface area contributed by atoms with Crippen molar-refractivity contribution in [1.29, 1.82) is 0 Å². The molecule has 3 N–H and O–H groups in total. The summed E-state index contributed by atoms with van der Waals surface area (Å²) in [6.07, 6.45) is 0.689. The number of phenolic OH excluding ortho intramolecular Hbond substituents is 1. The minimum Gasteiger partial charge on any atom is -0.506 e. The third-order valence-electron chi connectivity index (χ3n) is 2.59. The number of aromatic hydroxyl groups is 1. The van der Waals surface area contributed by atoms with Crippen LogP contribution in [0.15, 0.2) is 6.07 Å². The third-order valence-corrected chi connectivity index (χ3v) is 2.88. The summed E-state index contributed by atoms with van der Waals surface area (Å²) in [5, 5.41) is 9.81. The van der Waals surface area contributed by atoms with E-state index in [2.05, 4.69) is 0 Å². The number of halogens is 2. The van der Waals surface area contributed by atoms with Gasteiger partial charge >= 0.3 is 0 Å². The highest BCUT2D eigenvalue weighted by atomic mass is 35.5. The summed E-state index contributed by atoms with van der Waals surface area (Å²) in [4.78, 5) is 0. The van der Waals surface area contributed by atoms with Gasteiger partial charge in [-0.2, -0.15) is 0 Å². The first-order chi connectivity index (χ1) is 6.99. The first-order valence-corrected chi connectivity index (χ1v) is 5.24. The second kappa shape index (κ2) is 4.81. The molecular weight excluding hydrogens is 217 g/mol. The van der Waals surface area contributed by atoms with Gasteiger partial charge in [0.1, 0.15) is 11.6 Å². The fourth-order valence-electron chi connectivity index (χ4n) is 1.72. The van der Waals surface area contributed by atoms with Gasteiger partial charge in [-0.05, 0) is 37.4 Å². The van der Waals surface area contributed by atoms with Crippen molar-refractivity contribution in [2.45, 2.75) is 26.2 Å². The predicted molar refractivity (Wildman–Crippen MR) is 59.9 cm³/mol. The van der Waals surface area contributed by atoms with Crippen LogP contribution in [-0.4, -0.2) is 11.7 Å². The maximum absolute atomic E-state index is 13.4. The summed E-state index contributed by atoms with van der Waals surface area (Å²) in [5.74, 6) is -0.420. The summed E-state index contributed by atoms with van der Waals surface area (Å²) >= 11 is 5.71. The smallest absolute Gasteiger partial charge is 0.138 e. The van der Waals surface area contributed by atoms with Gasteiger partial charge in [0, 0.05) is 5.56 Å². The minimum atomic E-state index is -0.392. The molecule has 2 nitrogen and oxygen atoms in total. The van der Waals surface area contributed by atoms with Gasteiger partial charge in [-0.1, -0.05) is 18.5 Å². The number of phenols is 1. The number of benzene rings is 1. The van der Waals surface area contributed by atoms with Crippen LogP contribution in [0.2, 0.25) is 5.02 Å². The summed E-state index contributed by atoms with van der Waals surface area (Å²) in [6.45, 7) is 4.02. The minimum absolute atomic E-state index is 0.00296. The zero-order chi connectivity index (χ0) is 11.6. The first-order valence-electron chi connectivity index (χ1n) is 4.86. The Labute approximate surface area is 93.9 Å². The summed E-state index contributed by atoms with van der Waals surface area (Å²) in [6, 6.07) is 1.13. The third kappa shape index (κ3) is 2.41. The molecule has 0 bridgehead atoms. The van der Waals surface area contributed by atoms with Gasteiger partial charge < -0.3 is 10.8 Å². The van der Waals surface area contributed by atoms with Crippen LogP contribution in [0.1, 0.15) is 30.4 Å². The number of rotatable bonds is 3. The van der Waals surface area contributed by atoms with Crippen LogP contribution in [0.3, 0.4) is 0 Å². The van der Waals surface area contributed by atoms with Gasteiger partial charge in [-0.3, -0.25) is 0 Å². The fraction of sp³-hybridized carbons (Fsp3) is 0.455. The van der Waals surface area contributed by atoms with E-state index >= 15 is 0 Å². The highest BCUT2D eigenvalue weighted by Gasteiger charge is 2.18. The molecule has 15 heavy (non-hydrogen) atoms. The molecule has 0 fully saturated rings. The number of nitrogens with two attached hydrogens (primary N) is 1. The Morgan fingerprint density at radius 2 is 2.20 bits per heavy atom. The quantitative estimate of drug-likeness (QED) is 0.840. The Balaban J connectivity index is 3.26. The van der Waals surface area contributed by atoms with Gasteiger partial charge in [0.05, 0.1) is 5.02 Å². The molecule has 0 aromatic heterocycles. The van der Waals surface area contributed by atoms with Gasteiger partial charge in [0.15, 0.2) is 0 Å². The van der Waals surface area contributed by atoms with Crippen LogP contribution in [0.5, 0.6) is 5.75 Å². The van der Waals surface area contributed by atoms with Crippen LogP contribution in [0.25, 0.3) is 0 Å². The van der Waals surface area contributed by atoms with E-state index in [0.717, 1.165) is 6.07 Å². The van der Waals surface area contributed by atoms with Crippen molar-refractivity contribution in [3.8, 4) is 5.75 Å². The van der Waals surface area contributed by atoms with Crippen LogP contribution < -0.4 is 5.73 Å². The SMILES string of the molecule is Cc1c(F)cc(Cl)c(O)c1C(C)CCN. The van der Waals surface area contributed by atoms with E-state index < -0.39 is 5.82 Å². The van der Waals surface area contributed by atoms with Crippen molar-refractivity contribution in [1.82, 2.24) is 0 Å². The molecule has 0 aliphatic heterocycles. The predicted octanol–water partition coefficient (Wildman–Crippen LogP) is 2.95. The van der Waals surface area contributed by atoms with Crippen LogP contribution in [-0.2, 0) is 0 Å². The maximum Gasteiger partial charge on any atom is 0.138 e. The highest BCUT2D eigenvalue weighted by Crippen LogP contribution is 2.37. The molecular formula is C11H15ClFNO. The van der Waals surface area contributed by atoms with Crippen LogP contribution in [0.4, 0.5) is 4.39 Å². The van der Waals surface area contributed by atoms with E-state index in [9.17, 15) is 9.50 Å². The molecule has 1 aromatic carbocycles. The molecule has 0 spiro atoms. The van der Waals surface area contributed by atoms with Crippen molar-refractivity contribution in [2.75, 3.05) is 6.54 Å². The summed E-state index contributed by atoms with van der Waals surface area (Å²) in [7, 11) is 0. The molecule has 1 unspecified atom stereocenters. The molecule has 0 saturated heterocycles. The Bertz CT molecular complexity index is 342. The lowest BCUT2D eigenvalue weighted by molar-refractivity contribution is 0.456. The second-order valence-corrected chi connectivity index (χ2v) is 4.11. The van der Waals surface area contributed by atoms with E-state index in [1.807, 2.05) is 6.92 Å². The van der Waals surface area contributed by atoms with E-state index in [0.29, 0.717) is 24.1 Å². The monoisotopic (exact) mass is 231 g/mol. The lowest BCUT2D eigenvalue weighted by atomic mass is 9.92. The highest BCUT2D eigenvalue weighted by molar-refractivity contribution is 6.32. The summed E-state index contributed by atoms with van der Waals surface area (Å²) < 4.78 is 13.4.